The number of halogens is 1. The average Bonchev–Trinajstić information content (AvgIpc) is 2.78. The number of likely N-dealkylation sites (tertiary alicyclic amines) is 1. The van der Waals surface area contributed by atoms with Gasteiger partial charge in [0.05, 0.1) is 18.2 Å². The Morgan fingerprint density at radius 2 is 2.24 bits per heavy atom. The third-order valence-electron chi connectivity index (χ3n) is 4.11. The van der Waals surface area contributed by atoms with E-state index in [-0.39, 0.29) is 36.0 Å². The minimum absolute atomic E-state index is 0.0139. The lowest BCUT2D eigenvalue weighted by Gasteiger charge is -2.23. The molecular formula is C15H18FN3O2. The molecule has 1 aromatic carbocycles. The Morgan fingerprint density at radius 3 is 3.00 bits per heavy atom. The van der Waals surface area contributed by atoms with Gasteiger partial charge in [0.15, 0.2) is 0 Å². The number of piperidine rings is 1. The number of anilines is 1. The fourth-order valence-corrected chi connectivity index (χ4v) is 3.07. The molecule has 3 rings (SSSR count). The number of nitrogens with one attached hydrogen (secondary N) is 2. The van der Waals surface area contributed by atoms with Crippen LogP contribution in [0.4, 0.5) is 10.1 Å². The fraction of sp³-hybridized carbons (Fsp3) is 0.467. The molecule has 2 saturated heterocycles. The summed E-state index contributed by atoms with van der Waals surface area (Å²) in [5.41, 5.74) is 0.143. The van der Waals surface area contributed by atoms with Crippen molar-refractivity contribution in [2.75, 3.05) is 25.0 Å². The fourth-order valence-electron chi connectivity index (χ4n) is 3.07. The number of carbonyl (C=O) groups excluding carboxylic acids is 2. The molecule has 2 aliphatic heterocycles. The van der Waals surface area contributed by atoms with Gasteiger partial charge in [-0.15, -0.1) is 0 Å². The molecule has 112 valence electrons. The van der Waals surface area contributed by atoms with Crippen LogP contribution in [0.3, 0.4) is 0 Å². The van der Waals surface area contributed by atoms with Gasteiger partial charge >= 0.3 is 0 Å². The highest BCUT2D eigenvalue weighted by Gasteiger charge is 2.41. The SMILES string of the molecule is O=C(CN1CC2NCCCC2C1=O)Nc1ccccc1F. The largest absolute Gasteiger partial charge is 0.331 e. The van der Waals surface area contributed by atoms with E-state index < -0.39 is 5.82 Å². The molecule has 2 unspecified atom stereocenters. The number of amides is 2. The summed E-state index contributed by atoms with van der Waals surface area (Å²) in [4.78, 5) is 25.8. The molecular weight excluding hydrogens is 273 g/mol. The van der Waals surface area contributed by atoms with Crippen molar-refractivity contribution in [2.45, 2.75) is 18.9 Å². The maximum atomic E-state index is 13.5. The molecule has 2 N–H and O–H groups in total. The molecule has 2 fully saturated rings. The van der Waals surface area contributed by atoms with Crippen LogP contribution >= 0.6 is 0 Å². The summed E-state index contributed by atoms with van der Waals surface area (Å²) in [6, 6.07) is 6.14. The molecule has 2 heterocycles. The van der Waals surface area contributed by atoms with Crippen molar-refractivity contribution in [3.8, 4) is 0 Å². The van der Waals surface area contributed by atoms with Gasteiger partial charge in [-0.1, -0.05) is 12.1 Å². The van der Waals surface area contributed by atoms with Crippen LogP contribution in [0.5, 0.6) is 0 Å². The van der Waals surface area contributed by atoms with Crippen LogP contribution in [0.1, 0.15) is 12.8 Å². The zero-order valence-corrected chi connectivity index (χ0v) is 11.6. The van der Waals surface area contributed by atoms with E-state index in [2.05, 4.69) is 10.6 Å². The maximum absolute atomic E-state index is 13.5. The quantitative estimate of drug-likeness (QED) is 0.872. The Bertz CT molecular complexity index is 564. The number of carbonyl (C=O) groups is 2. The molecule has 21 heavy (non-hydrogen) atoms. The Morgan fingerprint density at radius 1 is 1.43 bits per heavy atom. The monoisotopic (exact) mass is 291 g/mol. The van der Waals surface area contributed by atoms with Crippen molar-refractivity contribution in [3.05, 3.63) is 30.1 Å². The van der Waals surface area contributed by atoms with Crippen molar-refractivity contribution in [1.82, 2.24) is 10.2 Å². The average molecular weight is 291 g/mol. The molecule has 2 atom stereocenters. The zero-order valence-electron chi connectivity index (χ0n) is 11.6. The van der Waals surface area contributed by atoms with E-state index >= 15 is 0 Å². The van der Waals surface area contributed by atoms with Crippen LogP contribution in [0, 0.1) is 11.7 Å². The molecule has 0 radical (unpaired) electrons. The second-order valence-electron chi connectivity index (χ2n) is 5.56. The summed E-state index contributed by atoms with van der Waals surface area (Å²) < 4.78 is 13.5. The Labute approximate surface area is 122 Å². The molecule has 0 spiro atoms. The van der Waals surface area contributed by atoms with E-state index in [4.69, 9.17) is 0 Å². The summed E-state index contributed by atoms with van der Waals surface area (Å²) in [6.07, 6.45) is 1.87. The van der Waals surface area contributed by atoms with E-state index in [1.54, 1.807) is 17.0 Å². The van der Waals surface area contributed by atoms with Gasteiger partial charge in [0, 0.05) is 12.6 Å². The highest BCUT2D eigenvalue weighted by atomic mass is 19.1. The minimum atomic E-state index is -0.478. The molecule has 0 bridgehead atoms. The first-order valence-electron chi connectivity index (χ1n) is 7.21. The molecule has 6 heteroatoms. The lowest BCUT2D eigenvalue weighted by atomic mass is 9.94. The number of nitrogens with zero attached hydrogens (tertiary/aromatic N) is 1. The number of benzene rings is 1. The van der Waals surface area contributed by atoms with E-state index in [0.717, 1.165) is 19.4 Å². The number of hydrogen-bond acceptors (Lipinski definition) is 3. The van der Waals surface area contributed by atoms with Gasteiger partial charge in [-0.2, -0.15) is 0 Å². The first kappa shape index (κ1) is 14.0. The number of fused-ring (bicyclic) bond motifs is 1. The van der Waals surface area contributed by atoms with Crippen molar-refractivity contribution in [3.63, 3.8) is 0 Å². The molecule has 0 aromatic heterocycles. The number of para-hydroxylation sites is 1. The molecule has 1 aromatic rings. The maximum Gasteiger partial charge on any atom is 0.244 e. The van der Waals surface area contributed by atoms with Crippen LogP contribution in [0.2, 0.25) is 0 Å². The lowest BCUT2D eigenvalue weighted by molar-refractivity contribution is -0.134. The van der Waals surface area contributed by atoms with Gasteiger partial charge in [-0.3, -0.25) is 9.59 Å². The van der Waals surface area contributed by atoms with Gasteiger partial charge < -0.3 is 15.5 Å². The third-order valence-corrected chi connectivity index (χ3v) is 4.11. The standard InChI is InChI=1S/C15H18FN3O2/c16-11-5-1-2-6-12(11)18-14(20)9-19-8-13-10(15(19)21)4-3-7-17-13/h1-2,5-6,10,13,17H,3-4,7-9H2,(H,18,20). The molecule has 0 saturated carbocycles. The zero-order chi connectivity index (χ0) is 14.8. The number of rotatable bonds is 3. The van der Waals surface area contributed by atoms with E-state index in [1.165, 1.54) is 12.1 Å². The normalized spacial score (nSPS) is 24.8. The third kappa shape index (κ3) is 2.90. The summed E-state index contributed by atoms with van der Waals surface area (Å²) in [7, 11) is 0. The summed E-state index contributed by atoms with van der Waals surface area (Å²) >= 11 is 0. The Kier molecular flexibility index (Phi) is 3.88. The van der Waals surface area contributed by atoms with Crippen molar-refractivity contribution >= 4 is 17.5 Å². The Balaban J connectivity index is 1.60. The predicted octanol–water partition coefficient (Wildman–Crippen LogP) is 0.975. The van der Waals surface area contributed by atoms with Crippen molar-refractivity contribution < 1.29 is 14.0 Å². The first-order chi connectivity index (χ1) is 10.1. The topological polar surface area (TPSA) is 61.4 Å². The lowest BCUT2D eigenvalue weighted by Crippen LogP contribution is -2.41. The summed E-state index contributed by atoms with van der Waals surface area (Å²) in [5.74, 6) is -0.836. The second kappa shape index (κ2) is 5.81. The highest BCUT2D eigenvalue weighted by Crippen LogP contribution is 2.26. The van der Waals surface area contributed by atoms with Gasteiger partial charge in [-0.25, -0.2) is 4.39 Å². The van der Waals surface area contributed by atoms with Crippen LogP contribution in [-0.4, -0.2) is 42.4 Å². The minimum Gasteiger partial charge on any atom is -0.331 e. The summed E-state index contributed by atoms with van der Waals surface area (Å²) in [6.45, 7) is 1.44. The molecule has 2 aliphatic rings. The first-order valence-corrected chi connectivity index (χ1v) is 7.21. The van der Waals surface area contributed by atoms with Crippen LogP contribution in [0.15, 0.2) is 24.3 Å². The summed E-state index contributed by atoms with van der Waals surface area (Å²) in [5, 5.41) is 5.83. The van der Waals surface area contributed by atoms with Crippen molar-refractivity contribution in [1.29, 1.82) is 0 Å². The van der Waals surface area contributed by atoms with E-state index in [1.807, 2.05) is 0 Å². The molecule has 5 nitrogen and oxygen atoms in total. The smallest absolute Gasteiger partial charge is 0.244 e. The van der Waals surface area contributed by atoms with Crippen LogP contribution in [0.25, 0.3) is 0 Å². The second-order valence-corrected chi connectivity index (χ2v) is 5.56. The van der Waals surface area contributed by atoms with E-state index in [0.29, 0.717) is 6.54 Å². The molecule has 0 aliphatic carbocycles. The predicted molar refractivity (Wildman–Crippen MR) is 76.1 cm³/mol. The van der Waals surface area contributed by atoms with E-state index in [9.17, 15) is 14.0 Å². The highest BCUT2D eigenvalue weighted by molar-refractivity contribution is 5.95. The van der Waals surface area contributed by atoms with Crippen LogP contribution < -0.4 is 10.6 Å². The van der Waals surface area contributed by atoms with Crippen molar-refractivity contribution in [2.24, 2.45) is 5.92 Å². The van der Waals surface area contributed by atoms with Crippen LogP contribution in [-0.2, 0) is 9.59 Å². The molecule has 2 amide bonds. The van der Waals surface area contributed by atoms with Gasteiger partial charge in [-0.05, 0) is 31.5 Å². The number of hydrogen-bond donors (Lipinski definition) is 2. The van der Waals surface area contributed by atoms with Gasteiger partial charge in [0.2, 0.25) is 11.8 Å². The van der Waals surface area contributed by atoms with Gasteiger partial charge in [0.25, 0.3) is 0 Å². The van der Waals surface area contributed by atoms with Gasteiger partial charge in [0.1, 0.15) is 5.82 Å². The Hall–Kier alpha value is -1.95.